The van der Waals surface area contributed by atoms with E-state index in [9.17, 15) is 0 Å². The quantitative estimate of drug-likeness (QED) is 0.177. The van der Waals surface area contributed by atoms with E-state index in [1.165, 1.54) is 33.0 Å². The summed E-state index contributed by atoms with van der Waals surface area (Å²) in [6, 6.07) is 26.1. The van der Waals surface area contributed by atoms with Gasteiger partial charge in [0.05, 0.1) is 0 Å². The van der Waals surface area contributed by atoms with Gasteiger partial charge in [-0.3, -0.25) is 0 Å². The zero-order valence-corrected chi connectivity index (χ0v) is 32.9. The fraction of sp³-hybridized carbons (Fsp3) is 0.326. The van der Waals surface area contributed by atoms with Crippen LogP contribution in [0.25, 0.3) is 44.3 Å². The van der Waals surface area contributed by atoms with E-state index in [-0.39, 0.29) is 21.7 Å². The first-order chi connectivity index (χ1) is 23.5. The van der Waals surface area contributed by atoms with Gasteiger partial charge in [0.2, 0.25) is 0 Å². The van der Waals surface area contributed by atoms with Crippen molar-refractivity contribution >= 4 is 32.8 Å². The molecule has 4 heterocycles. The number of ether oxygens (including phenoxy) is 1. The molecule has 258 valence electrons. The van der Waals surface area contributed by atoms with Crippen LogP contribution >= 0.6 is 0 Å². The van der Waals surface area contributed by atoms with Gasteiger partial charge < -0.3 is 0 Å². The summed E-state index contributed by atoms with van der Waals surface area (Å²) in [4.78, 5) is 9.60. The SMILES string of the molecule is Cn1[c](=[Pt])n(-c2cncc(Oc3ccc4c5c6c(ccc5n(-c5cc(C(C)(C)C)ccn5)c4c3)C(C)(C)C(C)(C)C6(C)C)c2)c2ccccc21. The molecule has 0 bridgehead atoms. The molecule has 0 saturated carbocycles. The van der Waals surface area contributed by atoms with Gasteiger partial charge in [-0.1, -0.05) is 68.4 Å². The number of pyridine rings is 2. The van der Waals surface area contributed by atoms with Crippen LogP contribution in [0.1, 0.15) is 79.0 Å². The number of hydrogen-bond donors (Lipinski definition) is 0. The van der Waals surface area contributed by atoms with Crippen molar-refractivity contribution in [2.75, 3.05) is 0 Å². The number of hydrogen-bond acceptors (Lipinski definition) is 3. The van der Waals surface area contributed by atoms with Crippen LogP contribution in [0.4, 0.5) is 0 Å². The van der Waals surface area contributed by atoms with Crippen LogP contribution < -0.4 is 4.74 Å². The second kappa shape index (κ2) is 10.9. The van der Waals surface area contributed by atoms with E-state index in [0.717, 1.165) is 37.6 Å². The molecule has 7 aromatic rings. The third-order valence-corrected chi connectivity index (χ3v) is 13.5. The summed E-state index contributed by atoms with van der Waals surface area (Å²) in [5.41, 5.74) is 9.55. The normalized spacial score (nSPS) is 16.4. The molecule has 0 aliphatic heterocycles. The van der Waals surface area contributed by atoms with E-state index in [2.05, 4.69) is 180 Å². The molecule has 0 N–H and O–H groups in total. The van der Waals surface area contributed by atoms with Gasteiger partial charge in [-0.05, 0) is 38.9 Å². The summed E-state index contributed by atoms with van der Waals surface area (Å²) in [5.74, 6) is 2.34. The van der Waals surface area contributed by atoms with Gasteiger partial charge in [0.15, 0.2) is 0 Å². The van der Waals surface area contributed by atoms with Gasteiger partial charge in [0, 0.05) is 6.20 Å². The Morgan fingerprint density at radius 3 is 2.20 bits per heavy atom. The maximum absolute atomic E-state index is 6.65. The van der Waals surface area contributed by atoms with Crippen molar-refractivity contribution in [1.82, 2.24) is 23.7 Å². The van der Waals surface area contributed by atoms with Gasteiger partial charge in [0.1, 0.15) is 0 Å². The molecule has 3 aromatic carbocycles. The van der Waals surface area contributed by atoms with Gasteiger partial charge in [-0.15, -0.1) is 0 Å². The van der Waals surface area contributed by atoms with Crippen LogP contribution in [0.2, 0.25) is 0 Å². The molecule has 1 aliphatic carbocycles. The van der Waals surface area contributed by atoms with Crippen molar-refractivity contribution in [2.24, 2.45) is 12.5 Å². The van der Waals surface area contributed by atoms with E-state index in [4.69, 9.17) is 9.72 Å². The molecule has 50 heavy (non-hydrogen) atoms. The van der Waals surface area contributed by atoms with E-state index in [0.29, 0.717) is 5.75 Å². The van der Waals surface area contributed by atoms with Crippen molar-refractivity contribution in [2.45, 2.75) is 78.6 Å². The zero-order valence-electron chi connectivity index (χ0n) is 30.6. The monoisotopic (exact) mass is 842 g/mol. The van der Waals surface area contributed by atoms with Crippen molar-refractivity contribution in [3.05, 3.63) is 112 Å². The Bertz CT molecular complexity index is 2570. The third kappa shape index (κ3) is 4.53. The van der Waals surface area contributed by atoms with Crippen LogP contribution in [-0.2, 0) is 42.6 Å². The second-order valence-electron chi connectivity index (χ2n) is 16.5. The molecule has 7 heteroatoms. The van der Waals surface area contributed by atoms with Crippen LogP contribution in [0.15, 0.2) is 91.4 Å². The molecule has 0 unspecified atom stereocenters. The van der Waals surface area contributed by atoms with Crippen LogP contribution in [0.5, 0.6) is 11.5 Å². The molecule has 8 rings (SSSR count). The fourth-order valence-electron chi connectivity index (χ4n) is 8.24. The van der Waals surface area contributed by atoms with Crippen molar-refractivity contribution in [1.29, 1.82) is 0 Å². The third-order valence-electron chi connectivity index (χ3n) is 12.3. The van der Waals surface area contributed by atoms with Crippen molar-refractivity contribution in [3.63, 3.8) is 0 Å². The van der Waals surface area contributed by atoms with E-state index < -0.39 is 0 Å². The minimum absolute atomic E-state index is 0.000135. The Hall–Kier alpha value is -4.28. The Morgan fingerprint density at radius 1 is 0.720 bits per heavy atom. The number of para-hydroxylation sites is 2. The summed E-state index contributed by atoms with van der Waals surface area (Å²) in [7, 11) is 2.09. The first kappa shape index (κ1) is 32.9. The van der Waals surface area contributed by atoms with Gasteiger partial charge in [0.25, 0.3) is 0 Å². The summed E-state index contributed by atoms with van der Waals surface area (Å²) >= 11 is 2.38. The maximum atomic E-state index is 6.65. The number of aromatic nitrogens is 5. The fourth-order valence-corrected chi connectivity index (χ4v) is 9.08. The Labute approximate surface area is 305 Å². The summed E-state index contributed by atoms with van der Waals surface area (Å²) in [6.45, 7) is 21.3. The van der Waals surface area contributed by atoms with Crippen LogP contribution in [-0.4, -0.2) is 23.7 Å². The predicted octanol–water partition coefficient (Wildman–Crippen LogP) is 10.6. The van der Waals surface area contributed by atoms with Crippen LogP contribution in [0, 0.1) is 9.22 Å². The van der Waals surface area contributed by atoms with Gasteiger partial charge in [-0.2, -0.15) is 0 Å². The first-order valence-electron chi connectivity index (χ1n) is 17.4. The van der Waals surface area contributed by atoms with Gasteiger partial charge in [-0.25, -0.2) is 0 Å². The molecule has 0 radical (unpaired) electrons. The van der Waals surface area contributed by atoms with E-state index in [1.54, 1.807) is 6.20 Å². The summed E-state index contributed by atoms with van der Waals surface area (Å²) in [6.07, 6.45) is 5.62. The Kier molecular flexibility index (Phi) is 7.14. The molecule has 0 amide bonds. The van der Waals surface area contributed by atoms with Crippen LogP contribution in [0.3, 0.4) is 0 Å². The summed E-state index contributed by atoms with van der Waals surface area (Å²) in [5, 5.41) is 2.52. The molecular weight excluding hydrogens is 798 g/mol. The molecule has 1 aliphatic rings. The average Bonchev–Trinajstić information content (AvgIpc) is 3.57. The number of nitrogens with zero attached hydrogens (tertiary/aromatic N) is 5. The topological polar surface area (TPSA) is 49.8 Å². The minimum atomic E-state index is -0.0662. The number of aryl methyl sites for hydroxylation is 1. The number of fused-ring (bicyclic) bond motifs is 6. The van der Waals surface area contributed by atoms with Crippen molar-refractivity contribution in [3.8, 4) is 23.0 Å². The predicted molar refractivity (Wildman–Crippen MR) is 200 cm³/mol. The zero-order chi connectivity index (χ0) is 35.5. The summed E-state index contributed by atoms with van der Waals surface area (Å²) < 4.78 is 14.5. The molecule has 0 atom stereocenters. The molecule has 0 fully saturated rings. The standard InChI is InChI=1S/C43H45N5O.Pt/c1-40(2,3)27-19-20-45-37(21-27)48-35-18-17-32-39(42(6,7)43(8,9)41(32,4)5)38(35)31-16-15-29(23-36(31)48)49-30-22-28(24-44-25-30)47-26-46(10)33-13-11-12-14-34(33)47;/h11-25H,1-10H3;. The van der Waals surface area contributed by atoms with E-state index >= 15 is 0 Å². The van der Waals surface area contributed by atoms with Gasteiger partial charge >= 0.3 is 193 Å². The number of imidazole rings is 1. The molecule has 6 nitrogen and oxygen atoms in total. The molecule has 0 saturated heterocycles. The number of rotatable bonds is 4. The first-order valence-corrected chi connectivity index (χ1v) is 18.5. The van der Waals surface area contributed by atoms with Crippen molar-refractivity contribution < 1.29 is 24.1 Å². The molecule has 0 spiro atoms. The Morgan fingerprint density at radius 2 is 1.46 bits per heavy atom. The van der Waals surface area contributed by atoms with E-state index in [1.807, 2.05) is 12.4 Å². The molecular formula is C43H45N5OPt. The number of benzene rings is 3. The molecule has 4 aromatic heterocycles. The Balaban J connectivity index is 1.34. The second-order valence-corrected chi connectivity index (χ2v) is 17.5. The average molecular weight is 843 g/mol.